The number of ether oxygens (including phenoxy) is 1. The van der Waals surface area contributed by atoms with Crippen molar-refractivity contribution in [1.82, 2.24) is 16.0 Å². The molecule has 0 aliphatic carbocycles. The van der Waals surface area contributed by atoms with E-state index in [0.29, 0.717) is 10.8 Å². The Morgan fingerprint density at radius 1 is 0.838 bits per heavy atom. The van der Waals surface area contributed by atoms with Crippen LogP contribution in [0.4, 0.5) is 13.2 Å². The molecule has 37 heavy (non-hydrogen) atoms. The maximum Gasteiger partial charge on any atom is 0.452 e. The van der Waals surface area contributed by atoms with E-state index in [1.54, 1.807) is 0 Å². The molecule has 2 aromatic carbocycles. The van der Waals surface area contributed by atoms with Gasteiger partial charge in [0, 0.05) is 10.6 Å². The Balaban J connectivity index is 2.26. The molecule has 0 unspecified atom stereocenters. The van der Waals surface area contributed by atoms with Gasteiger partial charge in [0.15, 0.2) is 0 Å². The number of rotatable bonds is 10. The van der Waals surface area contributed by atoms with E-state index in [1.807, 2.05) is 0 Å². The van der Waals surface area contributed by atoms with E-state index in [1.165, 1.54) is 76.4 Å². The summed E-state index contributed by atoms with van der Waals surface area (Å²) in [4.78, 5) is 50.3. The van der Waals surface area contributed by atoms with E-state index in [0.717, 1.165) is 0 Å². The highest BCUT2D eigenvalue weighted by Crippen LogP contribution is 2.23. The summed E-state index contributed by atoms with van der Waals surface area (Å²) in [6.45, 7) is 4.07. The van der Waals surface area contributed by atoms with Gasteiger partial charge in [-0.2, -0.15) is 13.2 Å². The molecular formula is C25H27ClF3N3O5. The molecule has 8 nitrogen and oxygen atoms in total. The molecule has 0 aliphatic rings. The number of carbonyl (C=O) groups excluding carboxylic acids is 4. The third kappa shape index (κ3) is 8.21. The second kappa shape index (κ2) is 12.6. The van der Waals surface area contributed by atoms with Crippen molar-refractivity contribution in [3.63, 3.8) is 0 Å². The summed E-state index contributed by atoms with van der Waals surface area (Å²) in [5.74, 6) is -4.97. The fourth-order valence-corrected chi connectivity index (χ4v) is 3.38. The van der Waals surface area contributed by atoms with Crippen molar-refractivity contribution in [3.05, 3.63) is 64.7 Å². The molecule has 12 heteroatoms. The Morgan fingerprint density at radius 3 is 1.89 bits per heavy atom. The number of halogens is 4. The molecule has 0 radical (unpaired) electrons. The highest BCUT2D eigenvalue weighted by molar-refractivity contribution is 6.30. The van der Waals surface area contributed by atoms with Crippen molar-refractivity contribution in [2.75, 3.05) is 7.11 Å². The van der Waals surface area contributed by atoms with Gasteiger partial charge in [0.25, 0.3) is 11.7 Å². The van der Waals surface area contributed by atoms with Gasteiger partial charge in [-0.15, -0.1) is 0 Å². The smallest absolute Gasteiger partial charge is 0.452 e. The fourth-order valence-electron chi connectivity index (χ4n) is 3.26. The second-order valence-corrected chi connectivity index (χ2v) is 8.95. The van der Waals surface area contributed by atoms with Crippen LogP contribution in [-0.4, -0.2) is 48.9 Å². The summed E-state index contributed by atoms with van der Waals surface area (Å²) >= 11 is 5.81. The minimum atomic E-state index is -5.17. The molecule has 0 spiro atoms. The van der Waals surface area contributed by atoms with E-state index in [2.05, 4.69) is 16.0 Å². The Bertz CT molecular complexity index is 1120. The molecule has 0 saturated carbocycles. The normalized spacial score (nSPS) is 13.8. The number of benzene rings is 2. The van der Waals surface area contributed by atoms with E-state index in [-0.39, 0.29) is 11.1 Å². The number of Topliss-reactive ketones (excluding diaryl/α,β-unsaturated/α-hetero) is 1. The Kier molecular flexibility index (Phi) is 10.1. The molecule has 0 saturated heterocycles. The predicted octanol–water partition coefficient (Wildman–Crippen LogP) is 3.60. The van der Waals surface area contributed by atoms with Crippen LogP contribution in [-0.2, 0) is 14.4 Å². The highest BCUT2D eigenvalue weighted by atomic mass is 35.5. The predicted molar refractivity (Wildman–Crippen MR) is 130 cm³/mol. The van der Waals surface area contributed by atoms with Crippen LogP contribution in [0.3, 0.4) is 0 Å². The lowest BCUT2D eigenvalue weighted by molar-refractivity contribution is -0.175. The summed E-state index contributed by atoms with van der Waals surface area (Å²) in [6, 6.07) is 7.31. The van der Waals surface area contributed by atoms with Crippen LogP contribution in [0.25, 0.3) is 0 Å². The SMILES string of the molecule is COc1ccc([C@H](NC(=O)[C@H](C)NC(=O)c2ccc(Cl)cc2)C(=O)N[C@H](C(=O)C(F)(F)F)C(C)C)cc1. The minimum absolute atomic E-state index is 0.213. The summed E-state index contributed by atoms with van der Waals surface area (Å²) in [6.07, 6.45) is -5.17. The van der Waals surface area contributed by atoms with Crippen molar-refractivity contribution in [1.29, 1.82) is 0 Å². The van der Waals surface area contributed by atoms with E-state index >= 15 is 0 Å². The van der Waals surface area contributed by atoms with Crippen molar-refractivity contribution in [2.24, 2.45) is 5.92 Å². The number of amides is 3. The summed E-state index contributed by atoms with van der Waals surface area (Å²) < 4.78 is 44.3. The molecule has 0 aliphatic heterocycles. The lowest BCUT2D eigenvalue weighted by Gasteiger charge is -2.26. The quantitative estimate of drug-likeness (QED) is 0.425. The van der Waals surface area contributed by atoms with E-state index in [4.69, 9.17) is 16.3 Å². The van der Waals surface area contributed by atoms with Gasteiger partial charge in [0.2, 0.25) is 11.8 Å². The maximum absolute atomic E-state index is 13.1. The van der Waals surface area contributed by atoms with Gasteiger partial charge in [-0.1, -0.05) is 37.6 Å². The van der Waals surface area contributed by atoms with E-state index < -0.39 is 53.7 Å². The largest absolute Gasteiger partial charge is 0.497 e. The molecule has 0 bridgehead atoms. The zero-order valence-electron chi connectivity index (χ0n) is 20.5. The maximum atomic E-state index is 13.1. The van der Waals surface area contributed by atoms with Gasteiger partial charge >= 0.3 is 6.18 Å². The van der Waals surface area contributed by atoms with Gasteiger partial charge in [-0.25, -0.2) is 0 Å². The molecule has 3 atom stereocenters. The van der Waals surface area contributed by atoms with Gasteiger partial charge < -0.3 is 20.7 Å². The molecule has 0 heterocycles. The Labute approximate surface area is 216 Å². The molecule has 200 valence electrons. The third-order valence-electron chi connectivity index (χ3n) is 5.37. The fraction of sp³-hybridized carbons (Fsp3) is 0.360. The average Bonchev–Trinajstić information content (AvgIpc) is 2.84. The van der Waals surface area contributed by atoms with Gasteiger partial charge in [0.1, 0.15) is 17.8 Å². The molecule has 0 aromatic heterocycles. The van der Waals surface area contributed by atoms with Crippen molar-refractivity contribution >= 4 is 35.1 Å². The molecule has 3 amide bonds. The lowest BCUT2D eigenvalue weighted by atomic mass is 9.97. The number of alkyl halides is 3. The van der Waals surface area contributed by atoms with Crippen molar-refractivity contribution in [3.8, 4) is 5.75 Å². The lowest BCUT2D eigenvalue weighted by Crippen LogP contribution is -2.54. The molecule has 2 aromatic rings. The first kappa shape index (κ1) is 29.6. The second-order valence-electron chi connectivity index (χ2n) is 8.51. The molecule has 3 N–H and O–H groups in total. The third-order valence-corrected chi connectivity index (χ3v) is 5.62. The number of hydrogen-bond donors (Lipinski definition) is 3. The van der Waals surface area contributed by atoms with Crippen LogP contribution in [0.2, 0.25) is 5.02 Å². The summed E-state index contributed by atoms with van der Waals surface area (Å²) in [5, 5.41) is 7.44. The highest BCUT2D eigenvalue weighted by Gasteiger charge is 2.45. The average molecular weight is 542 g/mol. The number of methoxy groups -OCH3 is 1. The van der Waals surface area contributed by atoms with Crippen LogP contribution in [0.5, 0.6) is 5.75 Å². The Morgan fingerprint density at radius 2 is 1.41 bits per heavy atom. The number of nitrogens with one attached hydrogen (secondary N) is 3. The molecule has 0 fully saturated rings. The first-order valence-electron chi connectivity index (χ1n) is 11.2. The van der Waals surface area contributed by atoms with Crippen molar-refractivity contribution < 1.29 is 37.1 Å². The number of hydrogen-bond acceptors (Lipinski definition) is 5. The first-order chi connectivity index (χ1) is 17.2. The minimum Gasteiger partial charge on any atom is -0.497 e. The van der Waals surface area contributed by atoms with Crippen LogP contribution >= 0.6 is 11.6 Å². The van der Waals surface area contributed by atoms with Gasteiger partial charge in [-0.05, 0) is 54.8 Å². The standard InChI is InChI=1S/C25H27ClF3N3O5/c1-13(2)19(21(33)25(27,28)29)31-24(36)20(15-7-11-18(37-4)12-8-15)32-22(34)14(3)30-23(35)16-5-9-17(26)10-6-16/h5-14,19-20H,1-4H3,(H,30,35)(H,31,36)(H,32,34)/t14-,19-,20-/m0/s1. The summed E-state index contributed by atoms with van der Waals surface area (Å²) in [7, 11) is 1.42. The molecular weight excluding hydrogens is 515 g/mol. The zero-order valence-corrected chi connectivity index (χ0v) is 21.2. The van der Waals surface area contributed by atoms with Crippen molar-refractivity contribution in [2.45, 2.75) is 45.1 Å². The number of carbonyl (C=O) groups is 4. The van der Waals surface area contributed by atoms with Crippen LogP contribution < -0.4 is 20.7 Å². The molecule has 2 rings (SSSR count). The summed E-state index contributed by atoms with van der Waals surface area (Å²) in [5.41, 5.74) is 0.448. The number of ketones is 1. The van der Waals surface area contributed by atoms with Crippen LogP contribution in [0, 0.1) is 5.92 Å². The Hall–Kier alpha value is -3.60. The van der Waals surface area contributed by atoms with E-state index in [9.17, 15) is 32.3 Å². The van der Waals surface area contributed by atoms with Crippen LogP contribution in [0.1, 0.15) is 42.7 Å². The first-order valence-corrected chi connectivity index (χ1v) is 11.5. The topological polar surface area (TPSA) is 114 Å². The monoisotopic (exact) mass is 541 g/mol. The van der Waals surface area contributed by atoms with Crippen LogP contribution in [0.15, 0.2) is 48.5 Å². The van der Waals surface area contributed by atoms with Gasteiger partial charge in [0.05, 0.1) is 13.2 Å². The van der Waals surface area contributed by atoms with Gasteiger partial charge in [-0.3, -0.25) is 19.2 Å². The zero-order chi connectivity index (χ0) is 27.9.